The predicted molar refractivity (Wildman–Crippen MR) is 90.9 cm³/mol. The Balaban J connectivity index is 1.82. The molecular formula is C18H14ClFN2O2. The molecule has 1 heterocycles. The van der Waals surface area contributed by atoms with Gasteiger partial charge in [0, 0.05) is 18.0 Å². The number of nitrogens with one attached hydrogen (secondary N) is 1. The zero-order valence-electron chi connectivity index (χ0n) is 12.8. The quantitative estimate of drug-likeness (QED) is 0.779. The number of amides is 1. The summed E-state index contributed by atoms with van der Waals surface area (Å²) in [5.74, 6) is -0.261. The molecule has 2 aromatic carbocycles. The Morgan fingerprint density at radius 3 is 2.79 bits per heavy atom. The van der Waals surface area contributed by atoms with Gasteiger partial charge in [-0.2, -0.15) is 0 Å². The molecule has 122 valence electrons. The maximum absolute atomic E-state index is 13.2. The Morgan fingerprint density at radius 1 is 1.25 bits per heavy atom. The Labute approximate surface area is 143 Å². The number of pyridine rings is 1. The molecular weight excluding hydrogens is 331 g/mol. The van der Waals surface area contributed by atoms with Crippen molar-refractivity contribution in [2.75, 3.05) is 7.11 Å². The van der Waals surface area contributed by atoms with E-state index in [1.54, 1.807) is 19.2 Å². The summed E-state index contributed by atoms with van der Waals surface area (Å²) in [6.07, 6.45) is 0. The Bertz CT molecular complexity index is 915. The third kappa shape index (κ3) is 3.31. The van der Waals surface area contributed by atoms with Gasteiger partial charge in [-0.1, -0.05) is 29.8 Å². The highest BCUT2D eigenvalue weighted by Gasteiger charge is 2.12. The number of nitrogens with zero attached hydrogens (tertiary/aromatic N) is 1. The zero-order valence-corrected chi connectivity index (χ0v) is 13.6. The van der Waals surface area contributed by atoms with Crippen LogP contribution in [0.1, 0.15) is 16.1 Å². The van der Waals surface area contributed by atoms with E-state index in [9.17, 15) is 9.18 Å². The molecule has 0 aliphatic rings. The average molecular weight is 345 g/mol. The molecule has 6 heteroatoms. The molecule has 0 saturated carbocycles. The molecule has 0 fully saturated rings. The molecule has 0 spiro atoms. The number of fused-ring (bicyclic) bond motifs is 1. The Morgan fingerprint density at radius 2 is 2.04 bits per heavy atom. The molecule has 0 unspecified atom stereocenters. The van der Waals surface area contributed by atoms with Crippen LogP contribution in [0.25, 0.3) is 10.9 Å². The monoisotopic (exact) mass is 344 g/mol. The van der Waals surface area contributed by atoms with Crippen molar-refractivity contribution in [3.05, 3.63) is 70.6 Å². The number of hydrogen-bond acceptors (Lipinski definition) is 3. The van der Waals surface area contributed by atoms with Crippen molar-refractivity contribution in [3.8, 4) is 5.75 Å². The first-order chi connectivity index (χ1) is 11.6. The fourth-order valence-electron chi connectivity index (χ4n) is 2.35. The van der Waals surface area contributed by atoms with Crippen molar-refractivity contribution in [1.29, 1.82) is 0 Å². The van der Waals surface area contributed by atoms with Crippen LogP contribution in [0, 0.1) is 5.82 Å². The highest BCUT2D eigenvalue weighted by molar-refractivity contribution is 6.30. The number of halogens is 2. The maximum Gasteiger partial charge on any atom is 0.270 e. The number of aromatic nitrogens is 1. The minimum Gasteiger partial charge on any atom is -0.496 e. The van der Waals surface area contributed by atoms with Gasteiger partial charge in [-0.25, -0.2) is 9.37 Å². The van der Waals surface area contributed by atoms with Gasteiger partial charge in [0.15, 0.2) is 0 Å². The number of carbonyl (C=O) groups is 1. The normalized spacial score (nSPS) is 10.6. The van der Waals surface area contributed by atoms with Gasteiger partial charge < -0.3 is 10.1 Å². The molecule has 1 N–H and O–H groups in total. The van der Waals surface area contributed by atoms with Crippen molar-refractivity contribution in [2.24, 2.45) is 0 Å². The van der Waals surface area contributed by atoms with Crippen LogP contribution in [0.3, 0.4) is 0 Å². The van der Waals surface area contributed by atoms with Crippen LogP contribution in [-0.2, 0) is 6.54 Å². The maximum atomic E-state index is 13.2. The number of para-hydroxylation sites is 1. The molecule has 4 nitrogen and oxygen atoms in total. The molecule has 0 saturated heterocycles. The van der Waals surface area contributed by atoms with Crippen LogP contribution >= 0.6 is 11.6 Å². The number of methoxy groups -OCH3 is 1. The summed E-state index contributed by atoms with van der Waals surface area (Å²) in [5, 5.41) is 3.60. The van der Waals surface area contributed by atoms with Crippen molar-refractivity contribution in [2.45, 2.75) is 6.54 Å². The summed E-state index contributed by atoms with van der Waals surface area (Å²) in [7, 11) is 1.55. The van der Waals surface area contributed by atoms with Crippen molar-refractivity contribution in [3.63, 3.8) is 0 Å². The molecule has 0 aliphatic heterocycles. The van der Waals surface area contributed by atoms with Gasteiger partial charge in [0.25, 0.3) is 5.91 Å². The summed E-state index contributed by atoms with van der Waals surface area (Å²) < 4.78 is 18.5. The predicted octanol–water partition coefficient (Wildman–Crippen LogP) is 3.97. The Kier molecular flexibility index (Phi) is 4.62. The van der Waals surface area contributed by atoms with Gasteiger partial charge in [0.05, 0.1) is 17.6 Å². The summed E-state index contributed by atoms with van der Waals surface area (Å²) >= 11 is 5.73. The van der Waals surface area contributed by atoms with E-state index in [1.807, 2.05) is 24.3 Å². The standard InChI is InChI=1S/C18H14ClFN2O2/c1-24-17-9-16(22-15-5-3-2-4-12(15)17)18(23)21-10-11-6-7-14(20)13(19)8-11/h2-9H,10H2,1H3,(H,21,23). The molecule has 1 amide bonds. The van der Waals surface area contributed by atoms with Crippen LogP contribution < -0.4 is 10.1 Å². The van der Waals surface area contributed by atoms with E-state index in [2.05, 4.69) is 10.3 Å². The number of ether oxygens (including phenoxy) is 1. The SMILES string of the molecule is COc1cc(C(=O)NCc2ccc(F)c(Cl)c2)nc2ccccc12. The van der Waals surface area contributed by atoms with Gasteiger partial charge in [-0.05, 0) is 29.8 Å². The fourth-order valence-corrected chi connectivity index (χ4v) is 2.55. The number of benzene rings is 2. The minimum absolute atomic E-state index is 0.0206. The van der Waals surface area contributed by atoms with Crippen molar-refractivity contribution in [1.82, 2.24) is 10.3 Å². The van der Waals surface area contributed by atoms with E-state index < -0.39 is 5.82 Å². The fraction of sp³-hybridized carbons (Fsp3) is 0.111. The zero-order chi connectivity index (χ0) is 17.1. The molecule has 1 aromatic heterocycles. The first-order valence-electron chi connectivity index (χ1n) is 7.24. The van der Waals surface area contributed by atoms with Gasteiger partial charge in [-0.15, -0.1) is 0 Å². The summed E-state index contributed by atoms with van der Waals surface area (Å²) in [6.45, 7) is 0.218. The van der Waals surface area contributed by atoms with E-state index in [0.29, 0.717) is 16.8 Å². The van der Waals surface area contributed by atoms with E-state index in [1.165, 1.54) is 12.1 Å². The summed E-state index contributed by atoms with van der Waals surface area (Å²) in [5.41, 5.74) is 1.62. The topological polar surface area (TPSA) is 51.2 Å². The van der Waals surface area contributed by atoms with Crippen molar-refractivity contribution < 1.29 is 13.9 Å². The lowest BCUT2D eigenvalue weighted by atomic mass is 10.1. The largest absolute Gasteiger partial charge is 0.496 e. The highest BCUT2D eigenvalue weighted by Crippen LogP contribution is 2.25. The number of carbonyl (C=O) groups excluding carboxylic acids is 1. The van der Waals surface area contributed by atoms with Gasteiger partial charge in [0.1, 0.15) is 17.3 Å². The lowest BCUT2D eigenvalue weighted by molar-refractivity contribution is 0.0946. The molecule has 3 rings (SSSR count). The lowest BCUT2D eigenvalue weighted by Gasteiger charge is -2.09. The van der Waals surface area contributed by atoms with Crippen LogP contribution in [0.4, 0.5) is 4.39 Å². The molecule has 3 aromatic rings. The van der Waals surface area contributed by atoms with E-state index in [0.717, 1.165) is 5.39 Å². The first-order valence-corrected chi connectivity index (χ1v) is 7.62. The molecule has 0 bridgehead atoms. The van der Waals surface area contributed by atoms with Crippen LogP contribution in [0.5, 0.6) is 5.75 Å². The smallest absolute Gasteiger partial charge is 0.270 e. The molecule has 0 radical (unpaired) electrons. The van der Waals surface area contributed by atoms with Gasteiger partial charge in [-0.3, -0.25) is 4.79 Å². The van der Waals surface area contributed by atoms with E-state index in [-0.39, 0.29) is 23.2 Å². The average Bonchev–Trinajstić information content (AvgIpc) is 2.61. The van der Waals surface area contributed by atoms with Crippen molar-refractivity contribution >= 4 is 28.4 Å². The van der Waals surface area contributed by atoms with Gasteiger partial charge in [0.2, 0.25) is 0 Å². The Hall–Kier alpha value is -2.66. The van der Waals surface area contributed by atoms with E-state index in [4.69, 9.17) is 16.3 Å². The third-order valence-electron chi connectivity index (χ3n) is 3.57. The highest BCUT2D eigenvalue weighted by atomic mass is 35.5. The number of rotatable bonds is 4. The van der Waals surface area contributed by atoms with Crippen LogP contribution in [0.15, 0.2) is 48.5 Å². The summed E-state index contributed by atoms with van der Waals surface area (Å²) in [6, 6.07) is 13.3. The number of hydrogen-bond donors (Lipinski definition) is 1. The molecule has 0 atom stereocenters. The second-order valence-corrected chi connectivity index (χ2v) is 5.57. The van der Waals surface area contributed by atoms with Crippen LogP contribution in [-0.4, -0.2) is 18.0 Å². The van der Waals surface area contributed by atoms with E-state index >= 15 is 0 Å². The second-order valence-electron chi connectivity index (χ2n) is 5.16. The lowest BCUT2D eigenvalue weighted by Crippen LogP contribution is -2.24. The molecule has 0 aliphatic carbocycles. The minimum atomic E-state index is -0.493. The first kappa shape index (κ1) is 16.2. The third-order valence-corrected chi connectivity index (χ3v) is 3.86. The van der Waals surface area contributed by atoms with Crippen LogP contribution in [0.2, 0.25) is 5.02 Å². The molecule has 24 heavy (non-hydrogen) atoms. The second kappa shape index (κ2) is 6.84. The summed E-state index contributed by atoms with van der Waals surface area (Å²) in [4.78, 5) is 16.7. The van der Waals surface area contributed by atoms with Gasteiger partial charge >= 0.3 is 0 Å².